The first kappa shape index (κ1) is 32.1. The topological polar surface area (TPSA) is 45.5 Å². The highest BCUT2D eigenvalue weighted by Gasteiger charge is 2.60. The first-order chi connectivity index (χ1) is 20.8. The molecule has 2 aromatic carbocycles. The second-order valence-electron chi connectivity index (χ2n) is 12.3. The fourth-order valence-electron chi connectivity index (χ4n) is 5.25. The van der Waals surface area contributed by atoms with Gasteiger partial charge in [0, 0.05) is 33.5 Å². The van der Waals surface area contributed by atoms with E-state index in [4.69, 9.17) is 26.4 Å². The zero-order valence-electron chi connectivity index (χ0n) is 24.6. The van der Waals surface area contributed by atoms with E-state index in [-0.39, 0.29) is 59.0 Å². The molecule has 0 amide bonds. The Bertz CT molecular complexity index is 1630. The van der Waals surface area contributed by atoms with Gasteiger partial charge in [-0.25, -0.2) is 13.8 Å². The number of benzene rings is 2. The van der Waals surface area contributed by atoms with Crippen LogP contribution in [0.2, 0.25) is 25.7 Å². The first-order valence-electron chi connectivity index (χ1n) is 14.3. The molecule has 0 N–H and O–H groups in total. The van der Waals surface area contributed by atoms with Crippen LogP contribution in [0.15, 0.2) is 60.9 Å². The molecule has 0 aliphatic heterocycles. The smallest absolute Gasteiger partial charge is 0.398 e. The molecule has 44 heavy (non-hydrogen) atoms. The number of rotatable bonds is 11. The van der Waals surface area contributed by atoms with Crippen molar-refractivity contribution < 1.29 is 36.2 Å². The zero-order chi connectivity index (χ0) is 31.7. The van der Waals surface area contributed by atoms with Gasteiger partial charge in [0.05, 0.1) is 10.8 Å². The molecular weight excluding hydrogens is 616 g/mol. The standard InChI is InChI=1S/C32H33F5N2O3SSi/c1-44(2,3)15-14-40-20-39-19-23(31(11-7-12-31)32(35,36)37)28-26(10-13-38-30(28)39)42-29-24(33)16-21(17-25(29)34)18-27(43)41-22-8-5-4-6-9-22/h4-6,8-10,13,16-17,19H,7,11-12,14-15,18,20H2,1-3H3. The van der Waals surface area contributed by atoms with Gasteiger partial charge in [-0.3, -0.25) is 0 Å². The van der Waals surface area contributed by atoms with Crippen LogP contribution in [0.5, 0.6) is 17.2 Å². The third-order valence-corrected chi connectivity index (χ3v) is 9.74. The monoisotopic (exact) mass is 648 g/mol. The van der Waals surface area contributed by atoms with Crippen LogP contribution in [0, 0.1) is 11.6 Å². The minimum Gasteiger partial charge on any atom is -0.450 e. The molecule has 0 bridgehead atoms. The summed E-state index contributed by atoms with van der Waals surface area (Å²) in [6.07, 6.45) is -1.67. The fraction of sp³-hybridized carbons (Fsp3) is 0.375. The van der Waals surface area contributed by atoms with Gasteiger partial charge in [0.25, 0.3) is 0 Å². The van der Waals surface area contributed by atoms with Gasteiger partial charge in [-0.05, 0) is 72.6 Å². The molecule has 0 radical (unpaired) electrons. The first-order valence-corrected chi connectivity index (χ1v) is 18.4. The van der Waals surface area contributed by atoms with Crippen molar-refractivity contribution in [3.05, 3.63) is 83.7 Å². The Hall–Kier alpha value is -3.35. The summed E-state index contributed by atoms with van der Waals surface area (Å²) < 4.78 is 92.9. The van der Waals surface area contributed by atoms with Crippen molar-refractivity contribution in [2.45, 2.75) is 69.7 Å². The number of hydrogen-bond acceptors (Lipinski definition) is 5. The highest BCUT2D eigenvalue weighted by Crippen LogP contribution is 2.57. The Kier molecular flexibility index (Phi) is 9.15. The number of nitrogens with zero attached hydrogens (tertiary/aromatic N) is 2. The molecular formula is C32H33F5N2O3SSi. The lowest BCUT2D eigenvalue weighted by Crippen LogP contribution is -2.47. The van der Waals surface area contributed by atoms with Crippen LogP contribution in [-0.2, 0) is 23.3 Å². The van der Waals surface area contributed by atoms with E-state index < -0.39 is 37.0 Å². The summed E-state index contributed by atoms with van der Waals surface area (Å²) in [5.41, 5.74) is -1.77. The maximum absolute atomic E-state index is 15.3. The summed E-state index contributed by atoms with van der Waals surface area (Å²) in [4.78, 5) is 4.34. The Morgan fingerprint density at radius 1 is 1.05 bits per heavy atom. The molecule has 5 rings (SSSR count). The van der Waals surface area contributed by atoms with E-state index in [1.165, 1.54) is 23.0 Å². The average molecular weight is 649 g/mol. The minimum atomic E-state index is -4.55. The van der Waals surface area contributed by atoms with E-state index in [9.17, 15) is 13.2 Å². The number of ether oxygens (including phenoxy) is 3. The van der Waals surface area contributed by atoms with Gasteiger partial charge >= 0.3 is 6.18 Å². The lowest BCUT2D eigenvalue weighted by atomic mass is 9.64. The van der Waals surface area contributed by atoms with E-state index in [1.807, 2.05) is 6.07 Å². The molecule has 5 nitrogen and oxygen atoms in total. The Balaban J connectivity index is 1.47. The lowest BCUT2D eigenvalue weighted by molar-refractivity contribution is -0.212. The van der Waals surface area contributed by atoms with Crippen LogP contribution in [0.3, 0.4) is 0 Å². The fourth-order valence-corrected chi connectivity index (χ4v) is 6.27. The summed E-state index contributed by atoms with van der Waals surface area (Å²) in [5.74, 6) is -2.44. The Morgan fingerprint density at radius 3 is 2.32 bits per heavy atom. The van der Waals surface area contributed by atoms with E-state index in [2.05, 4.69) is 24.6 Å². The van der Waals surface area contributed by atoms with Crippen LogP contribution in [0.25, 0.3) is 11.0 Å². The number of pyridine rings is 1. The van der Waals surface area contributed by atoms with Gasteiger partial charge in [-0.2, -0.15) is 13.2 Å². The molecule has 234 valence electrons. The maximum atomic E-state index is 15.3. The molecule has 0 atom stereocenters. The van der Waals surface area contributed by atoms with Gasteiger partial charge in [-0.1, -0.05) is 44.3 Å². The molecule has 0 saturated heterocycles. The summed E-state index contributed by atoms with van der Waals surface area (Å²) in [6.45, 7) is 7.03. The summed E-state index contributed by atoms with van der Waals surface area (Å²) in [6, 6.07) is 13.1. The van der Waals surface area contributed by atoms with Crippen LogP contribution in [-0.4, -0.2) is 35.5 Å². The van der Waals surface area contributed by atoms with Crippen LogP contribution in [0.4, 0.5) is 22.0 Å². The van der Waals surface area contributed by atoms with E-state index in [0.717, 1.165) is 18.2 Å². The number of para-hydroxylation sites is 1. The molecule has 1 aliphatic rings. The summed E-state index contributed by atoms with van der Waals surface area (Å²) in [5, 5.41) is 0.161. The largest absolute Gasteiger partial charge is 0.450 e. The molecule has 0 unspecified atom stereocenters. The van der Waals surface area contributed by atoms with Crippen LogP contribution < -0.4 is 9.47 Å². The molecule has 1 fully saturated rings. The molecule has 1 aliphatic carbocycles. The number of alkyl halides is 3. The molecule has 1 saturated carbocycles. The van der Waals surface area contributed by atoms with Crippen molar-refractivity contribution >= 4 is 36.4 Å². The minimum absolute atomic E-state index is 0.0201. The van der Waals surface area contributed by atoms with Crippen molar-refractivity contribution in [2.24, 2.45) is 0 Å². The van der Waals surface area contributed by atoms with E-state index >= 15 is 8.78 Å². The zero-order valence-corrected chi connectivity index (χ0v) is 26.5. The normalized spacial score (nSPS) is 14.8. The number of thiocarbonyl (C=S) groups is 1. The molecule has 0 spiro atoms. The third kappa shape index (κ3) is 6.82. The van der Waals surface area contributed by atoms with Gasteiger partial charge < -0.3 is 18.8 Å². The van der Waals surface area contributed by atoms with Crippen molar-refractivity contribution in [3.63, 3.8) is 0 Å². The quantitative estimate of drug-likeness (QED) is 0.0702. The highest BCUT2D eigenvalue weighted by atomic mass is 32.1. The van der Waals surface area contributed by atoms with E-state index in [0.29, 0.717) is 18.8 Å². The Morgan fingerprint density at radius 2 is 1.73 bits per heavy atom. The summed E-state index contributed by atoms with van der Waals surface area (Å²) in [7, 11) is -1.39. The summed E-state index contributed by atoms with van der Waals surface area (Å²) >= 11 is 5.24. The highest BCUT2D eigenvalue weighted by molar-refractivity contribution is 7.80. The van der Waals surface area contributed by atoms with Gasteiger partial charge in [-0.15, -0.1) is 0 Å². The number of fused-ring (bicyclic) bond motifs is 1. The molecule has 2 aromatic heterocycles. The van der Waals surface area contributed by atoms with Crippen molar-refractivity contribution in [3.8, 4) is 17.2 Å². The van der Waals surface area contributed by atoms with Crippen LogP contribution in [0.1, 0.15) is 30.4 Å². The average Bonchev–Trinajstić information content (AvgIpc) is 3.26. The molecule has 12 heteroatoms. The predicted molar refractivity (Wildman–Crippen MR) is 165 cm³/mol. The van der Waals surface area contributed by atoms with Crippen LogP contribution >= 0.6 is 12.2 Å². The second-order valence-corrected chi connectivity index (χ2v) is 18.3. The number of aromatic nitrogens is 2. The maximum Gasteiger partial charge on any atom is 0.398 e. The van der Waals surface area contributed by atoms with Gasteiger partial charge in [0.15, 0.2) is 22.4 Å². The van der Waals surface area contributed by atoms with Gasteiger partial charge in [0.1, 0.15) is 23.9 Å². The van der Waals surface area contributed by atoms with Crippen molar-refractivity contribution in [1.29, 1.82) is 0 Å². The molecule has 4 aromatic rings. The predicted octanol–water partition coefficient (Wildman–Crippen LogP) is 9.35. The number of hydrogen-bond donors (Lipinski definition) is 0. The number of halogens is 5. The van der Waals surface area contributed by atoms with Crippen molar-refractivity contribution in [2.75, 3.05) is 6.61 Å². The third-order valence-electron chi connectivity index (χ3n) is 7.80. The SMILES string of the molecule is C[Si](C)(C)CCOCn1cc(C2(C(F)(F)F)CCC2)c2c(Oc3c(F)cc(CC(=S)Oc4ccccc4)cc3F)ccnc21. The lowest BCUT2D eigenvalue weighted by Gasteiger charge is -2.43. The second kappa shape index (κ2) is 12.6. The Labute approximate surface area is 259 Å². The van der Waals surface area contributed by atoms with Gasteiger partial charge in [0.2, 0.25) is 0 Å². The van der Waals surface area contributed by atoms with Crippen molar-refractivity contribution in [1.82, 2.24) is 9.55 Å². The molecule has 2 heterocycles. The van der Waals surface area contributed by atoms with E-state index in [1.54, 1.807) is 24.3 Å².